The summed E-state index contributed by atoms with van der Waals surface area (Å²) in [6.45, 7) is 9.69. The van der Waals surface area contributed by atoms with Gasteiger partial charge in [0.2, 0.25) is 0 Å². The second kappa shape index (κ2) is 6.40. The molecule has 19 heavy (non-hydrogen) atoms. The molecule has 0 saturated carbocycles. The molecule has 0 spiro atoms. The van der Waals surface area contributed by atoms with Crippen molar-refractivity contribution < 1.29 is 4.74 Å². The number of ether oxygens (including phenoxy) is 1. The Labute approximate surface area is 118 Å². The Morgan fingerprint density at radius 1 is 1.32 bits per heavy atom. The van der Waals surface area contributed by atoms with Crippen LogP contribution in [0.25, 0.3) is 0 Å². The van der Waals surface area contributed by atoms with Gasteiger partial charge in [0, 0.05) is 11.1 Å². The lowest BCUT2D eigenvalue weighted by Gasteiger charge is -2.41. The van der Waals surface area contributed by atoms with Gasteiger partial charge in [0.15, 0.2) is 0 Å². The molecule has 0 aliphatic carbocycles. The second-order valence-electron chi connectivity index (χ2n) is 5.78. The molecule has 0 bridgehead atoms. The summed E-state index contributed by atoms with van der Waals surface area (Å²) >= 11 is 0. The van der Waals surface area contributed by atoms with Gasteiger partial charge in [-0.05, 0) is 47.5 Å². The summed E-state index contributed by atoms with van der Waals surface area (Å²) in [5.74, 6) is 0.950. The van der Waals surface area contributed by atoms with Crippen LogP contribution in [-0.4, -0.2) is 38.2 Å². The molecule has 3 nitrogen and oxygen atoms in total. The summed E-state index contributed by atoms with van der Waals surface area (Å²) in [7, 11) is 5.97. The maximum atomic E-state index is 5.54. The SMILES string of the molecule is CCNC(c1cc(C)ccc1OC)C(C)(C)N(C)C. The molecular weight excluding hydrogens is 236 g/mol. The zero-order valence-electron chi connectivity index (χ0n) is 13.4. The fourth-order valence-corrected chi connectivity index (χ4v) is 2.28. The van der Waals surface area contributed by atoms with Crippen LogP contribution in [0.3, 0.4) is 0 Å². The van der Waals surface area contributed by atoms with E-state index in [4.69, 9.17) is 4.74 Å². The summed E-state index contributed by atoms with van der Waals surface area (Å²) in [5, 5.41) is 3.60. The lowest BCUT2D eigenvalue weighted by atomic mass is 9.86. The average molecular weight is 264 g/mol. The first kappa shape index (κ1) is 16.0. The van der Waals surface area contributed by atoms with Crippen molar-refractivity contribution in [3.05, 3.63) is 29.3 Å². The van der Waals surface area contributed by atoms with E-state index in [2.05, 4.69) is 70.2 Å². The van der Waals surface area contributed by atoms with E-state index < -0.39 is 0 Å². The molecule has 1 unspecified atom stereocenters. The molecular formula is C16H28N2O. The Kier molecular flexibility index (Phi) is 5.39. The van der Waals surface area contributed by atoms with Crippen molar-refractivity contribution in [3.63, 3.8) is 0 Å². The van der Waals surface area contributed by atoms with E-state index in [1.165, 1.54) is 11.1 Å². The highest BCUT2D eigenvalue weighted by Crippen LogP contribution is 2.35. The third kappa shape index (κ3) is 3.48. The molecule has 0 aliphatic heterocycles. The van der Waals surface area contributed by atoms with Gasteiger partial charge < -0.3 is 15.0 Å². The van der Waals surface area contributed by atoms with Crippen LogP contribution in [0.4, 0.5) is 0 Å². The van der Waals surface area contributed by atoms with Gasteiger partial charge in [-0.1, -0.05) is 24.6 Å². The first-order valence-electron chi connectivity index (χ1n) is 6.90. The quantitative estimate of drug-likeness (QED) is 0.855. The van der Waals surface area contributed by atoms with E-state index in [9.17, 15) is 0 Å². The summed E-state index contributed by atoms with van der Waals surface area (Å²) in [5.41, 5.74) is 2.48. The van der Waals surface area contributed by atoms with E-state index in [0.717, 1.165) is 12.3 Å². The maximum absolute atomic E-state index is 5.54. The van der Waals surface area contributed by atoms with Gasteiger partial charge in [-0.3, -0.25) is 0 Å². The van der Waals surface area contributed by atoms with Crippen molar-refractivity contribution >= 4 is 0 Å². The zero-order chi connectivity index (χ0) is 14.6. The number of rotatable bonds is 6. The average Bonchev–Trinajstić information content (AvgIpc) is 2.35. The summed E-state index contributed by atoms with van der Waals surface area (Å²) < 4.78 is 5.54. The molecule has 0 saturated heterocycles. The van der Waals surface area contributed by atoms with Crippen molar-refractivity contribution in [3.8, 4) is 5.75 Å². The third-order valence-electron chi connectivity index (χ3n) is 3.96. The van der Waals surface area contributed by atoms with Crippen LogP contribution in [0.2, 0.25) is 0 Å². The number of benzene rings is 1. The fraction of sp³-hybridized carbons (Fsp3) is 0.625. The molecule has 1 aromatic carbocycles. The minimum Gasteiger partial charge on any atom is -0.496 e. The number of nitrogens with zero attached hydrogens (tertiary/aromatic N) is 1. The van der Waals surface area contributed by atoms with Crippen molar-refractivity contribution in [1.29, 1.82) is 0 Å². The Bertz CT molecular complexity index is 413. The predicted molar refractivity (Wildman–Crippen MR) is 81.9 cm³/mol. The van der Waals surface area contributed by atoms with Gasteiger partial charge in [-0.2, -0.15) is 0 Å². The normalized spacial score (nSPS) is 13.7. The lowest BCUT2D eigenvalue weighted by molar-refractivity contribution is 0.137. The highest BCUT2D eigenvalue weighted by atomic mass is 16.5. The Balaban J connectivity index is 3.29. The zero-order valence-corrected chi connectivity index (χ0v) is 13.4. The molecule has 0 fully saturated rings. The highest BCUT2D eigenvalue weighted by Gasteiger charge is 2.34. The minimum absolute atomic E-state index is 0.00289. The van der Waals surface area contributed by atoms with Crippen LogP contribution < -0.4 is 10.1 Å². The second-order valence-corrected chi connectivity index (χ2v) is 5.78. The number of methoxy groups -OCH3 is 1. The van der Waals surface area contributed by atoms with E-state index in [-0.39, 0.29) is 11.6 Å². The van der Waals surface area contributed by atoms with Gasteiger partial charge in [-0.15, -0.1) is 0 Å². The van der Waals surface area contributed by atoms with Crippen LogP contribution in [0.1, 0.15) is 37.9 Å². The first-order chi connectivity index (χ1) is 8.84. The lowest BCUT2D eigenvalue weighted by Crippen LogP contribution is -2.49. The van der Waals surface area contributed by atoms with Gasteiger partial charge in [0.05, 0.1) is 13.2 Å². The maximum Gasteiger partial charge on any atom is 0.123 e. The molecule has 1 rings (SSSR count). The monoisotopic (exact) mass is 264 g/mol. The highest BCUT2D eigenvalue weighted by molar-refractivity contribution is 5.40. The molecule has 1 aromatic rings. The fourth-order valence-electron chi connectivity index (χ4n) is 2.28. The number of hydrogen-bond acceptors (Lipinski definition) is 3. The molecule has 3 heteroatoms. The van der Waals surface area contributed by atoms with E-state index in [0.29, 0.717) is 0 Å². The van der Waals surface area contributed by atoms with Crippen LogP contribution in [0.5, 0.6) is 5.75 Å². The van der Waals surface area contributed by atoms with Crippen molar-refractivity contribution in [2.24, 2.45) is 0 Å². The van der Waals surface area contributed by atoms with Gasteiger partial charge in [0.25, 0.3) is 0 Å². The molecule has 0 amide bonds. The Morgan fingerprint density at radius 2 is 1.95 bits per heavy atom. The molecule has 1 atom stereocenters. The van der Waals surface area contributed by atoms with Crippen LogP contribution in [0.15, 0.2) is 18.2 Å². The molecule has 0 aliphatic rings. The summed E-state index contributed by atoms with van der Waals surface area (Å²) in [4.78, 5) is 2.25. The number of likely N-dealkylation sites (N-methyl/N-ethyl adjacent to an activating group) is 2. The molecule has 0 heterocycles. The largest absolute Gasteiger partial charge is 0.496 e. The Hall–Kier alpha value is -1.06. The van der Waals surface area contributed by atoms with Gasteiger partial charge in [-0.25, -0.2) is 0 Å². The Morgan fingerprint density at radius 3 is 2.42 bits per heavy atom. The standard InChI is InChI=1S/C16H28N2O/c1-8-17-15(16(3,4)18(5)6)13-11-12(2)9-10-14(13)19-7/h9-11,15,17H,8H2,1-7H3. The van der Waals surface area contributed by atoms with E-state index in [1.54, 1.807) is 7.11 Å². The van der Waals surface area contributed by atoms with Crippen molar-refractivity contribution in [2.75, 3.05) is 27.7 Å². The first-order valence-corrected chi connectivity index (χ1v) is 6.90. The van der Waals surface area contributed by atoms with Crippen LogP contribution >= 0.6 is 0 Å². The number of hydrogen-bond donors (Lipinski definition) is 1. The third-order valence-corrected chi connectivity index (χ3v) is 3.96. The summed E-state index contributed by atoms with van der Waals surface area (Å²) in [6, 6.07) is 6.59. The topological polar surface area (TPSA) is 24.5 Å². The molecule has 0 aromatic heterocycles. The molecule has 1 N–H and O–H groups in total. The number of aryl methyl sites for hydroxylation is 1. The van der Waals surface area contributed by atoms with Gasteiger partial charge >= 0.3 is 0 Å². The van der Waals surface area contributed by atoms with Crippen molar-refractivity contribution in [2.45, 2.75) is 39.3 Å². The van der Waals surface area contributed by atoms with Crippen LogP contribution in [-0.2, 0) is 0 Å². The number of nitrogens with one attached hydrogen (secondary N) is 1. The smallest absolute Gasteiger partial charge is 0.123 e. The van der Waals surface area contributed by atoms with Crippen molar-refractivity contribution in [1.82, 2.24) is 10.2 Å². The van der Waals surface area contributed by atoms with Crippen LogP contribution in [0, 0.1) is 6.92 Å². The molecule has 108 valence electrons. The van der Waals surface area contributed by atoms with E-state index >= 15 is 0 Å². The van der Waals surface area contributed by atoms with E-state index in [1.807, 2.05) is 0 Å². The summed E-state index contributed by atoms with van der Waals surface area (Å²) in [6.07, 6.45) is 0. The predicted octanol–water partition coefficient (Wildman–Crippen LogP) is 2.99. The molecule has 0 radical (unpaired) electrons. The van der Waals surface area contributed by atoms with Gasteiger partial charge in [0.1, 0.15) is 5.75 Å². The minimum atomic E-state index is -0.00289.